The summed E-state index contributed by atoms with van der Waals surface area (Å²) >= 11 is 0. The summed E-state index contributed by atoms with van der Waals surface area (Å²) in [5, 5.41) is 26.8. The van der Waals surface area contributed by atoms with Gasteiger partial charge in [0, 0.05) is 11.1 Å². The first-order valence-corrected chi connectivity index (χ1v) is 6.96. The molecule has 2 aromatic rings. The van der Waals surface area contributed by atoms with Crippen LogP contribution in [-0.2, 0) is 11.2 Å². The number of aliphatic carboxylic acids is 1. The first-order valence-electron chi connectivity index (χ1n) is 6.96. The molecule has 2 aromatic carbocycles. The van der Waals surface area contributed by atoms with Crippen LogP contribution in [-0.4, -0.2) is 40.1 Å². The van der Waals surface area contributed by atoms with Gasteiger partial charge in [-0.3, -0.25) is 9.59 Å². The van der Waals surface area contributed by atoms with E-state index in [9.17, 15) is 9.59 Å². The van der Waals surface area contributed by atoms with E-state index in [-0.39, 0.29) is 12.2 Å². The molecule has 6 nitrogen and oxygen atoms in total. The van der Waals surface area contributed by atoms with Crippen molar-refractivity contribution < 1.29 is 24.7 Å². The molecule has 0 spiro atoms. The largest absolute Gasteiger partial charge is 0.488 e. The van der Waals surface area contributed by atoms with Crippen LogP contribution in [0.25, 0.3) is 0 Å². The lowest BCUT2D eigenvalue weighted by atomic mass is 9.80. The van der Waals surface area contributed by atoms with Crippen LogP contribution in [0.3, 0.4) is 0 Å². The SMILES string of the molecule is N[C@@H](Cc1ccc(C(=O)c2ccc(B(O)O)cc2)cc1)C(=O)O. The summed E-state index contributed by atoms with van der Waals surface area (Å²) in [6.45, 7) is 0. The van der Waals surface area contributed by atoms with Crippen molar-refractivity contribution in [3.63, 3.8) is 0 Å². The summed E-state index contributed by atoms with van der Waals surface area (Å²) in [7, 11) is -1.57. The molecular formula is C16H16BNO5. The number of hydrogen-bond acceptors (Lipinski definition) is 5. The Kier molecular flexibility index (Phi) is 5.28. The molecule has 0 unspecified atom stereocenters. The van der Waals surface area contributed by atoms with Gasteiger partial charge in [-0.1, -0.05) is 48.5 Å². The maximum absolute atomic E-state index is 12.3. The van der Waals surface area contributed by atoms with Gasteiger partial charge in [0.1, 0.15) is 6.04 Å². The standard InChI is InChI=1S/C16H16BNO5/c18-14(16(20)21)9-10-1-3-11(4-2-10)15(19)12-5-7-13(8-6-12)17(22)23/h1-8,14,22-23H,9,18H2,(H,20,21)/t14-/m0/s1. The van der Waals surface area contributed by atoms with E-state index in [1.807, 2.05) is 0 Å². The van der Waals surface area contributed by atoms with Gasteiger partial charge in [0.2, 0.25) is 0 Å². The molecule has 1 atom stereocenters. The van der Waals surface area contributed by atoms with Gasteiger partial charge in [-0.2, -0.15) is 0 Å². The number of benzene rings is 2. The number of carboxylic acid groups (broad SMARTS) is 1. The summed E-state index contributed by atoms with van der Waals surface area (Å²) in [5.41, 5.74) is 7.38. The van der Waals surface area contributed by atoms with Crippen LogP contribution >= 0.6 is 0 Å². The second kappa shape index (κ2) is 7.19. The second-order valence-electron chi connectivity index (χ2n) is 5.17. The second-order valence-corrected chi connectivity index (χ2v) is 5.17. The predicted molar refractivity (Wildman–Crippen MR) is 85.5 cm³/mol. The van der Waals surface area contributed by atoms with Crippen molar-refractivity contribution in [1.82, 2.24) is 0 Å². The number of rotatable bonds is 6. The van der Waals surface area contributed by atoms with Gasteiger partial charge in [-0.05, 0) is 17.4 Å². The molecule has 0 aliphatic carbocycles. The topological polar surface area (TPSA) is 121 Å². The third kappa shape index (κ3) is 4.26. The Morgan fingerprint density at radius 3 is 1.87 bits per heavy atom. The maximum atomic E-state index is 12.3. The maximum Gasteiger partial charge on any atom is 0.488 e. The summed E-state index contributed by atoms with van der Waals surface area (Å²) < 4.78 is 0. The Morgan fingerprint density at radius 1 is 0.957 bits per heavy atom. The lowest BCUT2D eigenvalue weighted by Gasteiger charge is -2.07. The Bertz CT molecular complexity index is 697. The molecule has 118 valence electrons. The molecule has 0 amide bonds. The lowest BCUT2D eigenvalue weighted by Crippen LogP contribution is -2.32. The van der Waals surface area contributed by atoms with Crippen molar-refractivity contribution in [2.45, 2.75) is 12.5 Å². The highest BCUT2D eigenvalue weighted by Crippen LogP contribution is 2.12. The van der Waals surface area contributed by atoms with Gasteiger partial charge in [-0.25, -0.2) is 0 Å². The van der Waals surface area contributed by atoms with E-state index in [1.165, 1.54) is 24.3 Å². The summed E-state index contributed by atoms with van der Waals surface area (Å²) in [6.07, 6.45) is 0.187. The third-order valence-electron chi connectivity index (χ3n) is 3.46. The number of carboxylic acids is 1. The molecule has 0 bridgehead atoms. The van der Waals surface area contributed by atoms with Crippen molar-refractivity contribution in [3.8, 4) is 0 Å². The van der Waals surface area contributed by atoms with E-state index in [4.69, 9.17) is 20.9 Å². The van der Waals surface area contributed by atoms with E-state index in [2.05, 4.69) is 0 Å². The lowest BCUT2D eigenvalue weighted by molar-refractivity contribution is -0.138. The quantitative estimate of drug-likeness (QED) is 0.423. The van der Waals surface area contributed by atoms with Gasteiger partial charge in [0.15, 0.2) is 5.78 Å². The highest BCUT2D eigenvalue weighted by atomic mass is 16.4. The molecular weight excluding hydrogens is 297 g/mol. The van der Waals surface area contributed by atoms with Gasteiger partial charge in [0.05, 0.1) is 0 Å². The zero-order chi connectivity index (χ0) is 17.0. The van der Waals surface area contributed by atoms with Gasteiger partial charge < -0.3 is 20.9 Å². The molecule has 0 radical (unpaired) electrons. The number of carbonyl (C=O) groups is 2. The molecule has 0 saturated heterocycles. The minimum absolute atomic E-state index is 0.187. The van der Waals surface area contributed by atoms with Gasteiger partial charge in [0.25, 0.3) is 0 Å². The molecule has 0 fully saturated rings. The van der Waals surface area contributed by atoms with Crippen LogP contribution in [0.5, 0.6) is 0 Å². The first kappa shape index (κ1) is 16.9. The average molecular weight is 313 g/mol. The number of carbonyl (C=O) groups excluding carboxylic acids is 1. The first-order chi connectivity index (χ1) is 10.9. The fourth-order valence-electron chi connectivity index (χ4n) is 2.11. The molecule has 2 rings (SSSR count). The number of nitrogens with two attached hydrogens (primary N) is 1. The van der Waals surface area contributed by atoms with Crippen LogP contribution in [0.2, 0.25) is 0 Å². The highest BCUT2D eigenvalue weighted by Gasteiger charge is 2.15. The Hall–Kier alpha value is -2.48. The van der Waals surface area contributed by atoms with Gasteiger partial charge in [-0.15, -0.1) is 0 Å². The third-order valence-corrected chi connectivity index (χ3v) is 3.46. The minimum Gasteiger partial charge on any atom is -0.480 e. The van der Waals surface area contributed by atoms with E-state index in [1.54, 1.807) is 24.3 Å². The molecule has 5 N–H and O–H groups in total. The molecule has 23 heavy (non-hydrogen) atoms. The Balaban J connectivity index is 2.12. The normalized spacial score (nSPS) is 11.8. The van der Waals surface area contributed by atoms with Gasteiger partial charge >= 0.3 is 13.1 Å². The summed E-state index contributed by atoms with van der Waals surface area (Å²) in [6, 6.07) is 11.6. The molecule has 0 heterocycles. The van der Waals surface area contributed by atoms with Crippen LogP contribution in [0, 0.1) is 0 Å². The molecule has 0 aliphatic heterocycles. The average Bonchev–Trinajstić information content (AvgIpc) is 2.55. The molecule has 0 saturated carbocycles. The Labute approximate surface area is 133 Å². The molecule has 0 aromatic heterocycles. The van der Waals surface area contributed by atoms with Crippen molar-refractivity contribution >= 4 is 24.3 Å². The van der Waals surface area contributed by atoms with E-state index in [0.29, 0.717) is 16.6 Å². The van der Waals surface area contributed by atoms with Crippen molar-refractivity contribution in [1.29, 1.82) is 0 Å². The monoisotopic (exact) mass is 313 g/mol. The molecule has 7 heteroatoms. The fraction of sp³-hybridized carbons (Fsp3) is 0.125. The van der Waals surface area contributed by atoms with E-state index in [0.717, 1.165) is 5.56 Å². The van der Waals surface area contributed by atoms with Crippen LogP contribution in [0.15, 0.2) is 48.5 Å². The van der Waals surface area contributed by atoms with Crippen molar-refractivity contribution in [3.05, 3.63) is 65.2 Å². The minimum atomic E-state index is -1.57. The predicted octanol–water partition coefficient (Wildman–Crippen LogP) is -0.448. The molecule has 0 aliphatic rings. The van der Waals surface area contributed by atoms with E-state index >= 15 is 0 Å². The van der Waals surface area contributed by atoms with Crippen molar-refractivity contribution in [2.75, 3.05) is 0 Å². The summed E-state index contributed by atoms with van der Waals surface area (Å²) in [5.74, 6) is -1.28. The van der Waals surface area contributed by atoms with Crippen molar-refractivity contribution in [2.24, 2.45) is 5.73 Å². The Morgan fingerprint density at radius 2 is 1.43 bits per heavy atom. The zero-order valence-corrected chi connectivity index (χ0v) is 12.2. The van der Waals surface area contributed by atoms with Crippen LogP contribution in [0.1, 0.15) is 21.5 Å². The zero-order valence-electron chi connectivity index (χ0n) is 12.2. The van der Waals surface area contributed by atoms with Crippen LogP contribution < -0.4 is 11.2 Å². The summed E-state index contributed by atoms with van der Waals surface area (Å²) in [4.78, 5) is 23.0. The number of ketones is 1. The fourth-order valence-corrected chi connectivity index (χ4v) is 2.11. The van der Waals surface area contributed by atoms with Crippen LogP contribution in [0.4, 0.5) is 0 Å². The number of hydrogen-bond donors (Lipinski definition) is 4. The highest BCUT2D eigenvalue weighted by molar-refractivity contribution is 6.58. The van der Waals surface area contributed by atoms with E-state index < -0.39 is 19.1 Å². The smallest absolute Gasteiger partial charge is 0.480 e.